The third kappa shape index (κ3) is 2.98. The summed E-state index contributed by atoms with van der Waals surface area (Å²) in [5.41, 5.74) is 0.250. The SMILES string of the molecule is CCCN(CCC)CC1CC1(CO)C(C)C. The Hall–Kier alpha value is -0.0800. The van der Waals surface area contributed by atoms with Crippen LogP contribution in [0, 0.1) is 17.3 Å². The highest BCUT2D eigenvalue weighted by Crippen LogP contribution is 2.57. The van der Waals surface area contributed by atoms with E-state index in [0.29, 0.717) is 12.5 Å². The van der Waals surface area contributed by atoms with E-state index in [9.17, 15) is 5.11 Å². The molecule has 1 aliphatic rings. The Morgan fingerprint density at radius 1 is 1.25 bits per heavy atom. The summed E-state index contributed by atoms with van der Waals surface area (Å²) in [6.07, 6.45) is 3.70. The summed E-state index contributed by atoms with van der Waals surface area (Å²) in [6, 6.07) is 0. The Labute approximate surface area is 101 Å². The van der Waals surface area contributed by atoms with Crippen molar-refractivity contribution >= 4 is 0 Å². The lowest BCUT2D eigenvalue weighted by molar-refractivity contribution is 0.141. The topological polar surface area (TPSA) is 23.5 Å². The van der Waals surface area contributed by atoms with Gasteiger partial charge in [0.25, 0.3) is 0 Å². The van der Waals surface area contributed by atoms with Crippen molar-refractivity contribution in [3.05, 3.63) is 0 Å². The van der Waals surface area contributed by atoms with Crippen molar-refractivity contribution in [1.29, 1.82) is 0 Å². The molecule has 1 rings (SSSR count). The van der Waals surface area contributed by atoms with Crippen LogP contribution in [0.1, 0.15) is 47.0 Å². The molecule has 0 aromatic heterocycles. The van der Waals surface area contributed by atoms with Crippen molar-refractivity contribution in [3.63, 3.8) is 0 Å². The molecule has 0 bridgehead atoms. The van der Waals surface area contributed by atoms with E-state index in [1.807, 2.05) is 0 Å². The van der Waals surface area contributed by atoms with Gasteiger partial charge in [-0.15, -0.1) is 0 Å². The average Bonchev–Trinajstić information content (AvgIpc) is 2.93. The molecule has 1 N–H and O–H groups in total. The first-order chi connectivity index (χ1) is 7.60. The van der Waals surface area contributed by atoms with Gasteiger partial charge in [0.1, 0.15) is 0 Å². The zero-order valence-corrected chi connectivity index (χ0v) is 11.5. The lowest BCUT2D eigenvalue weighted by Gasteiger charge is -2.24. The molecule has 0 aliphatic heterocycles. The maximum absolute atomic E-state index is 9.55. The first-order valence-electron chi connectivity index (χ1n) is 6.93. The Morgan fingerprint density at radius 2 is 1.81 bits per heavy atom. The van der Waals surface area contributed by atoms with E-state index in [1.165, 1.54) is 38.9 Å². The van der Waals surface area contributed by atoms with Crippen molar-refractivity contribution < 1.29 is 5.11 Å². The molecule has 1 fully saturated rings. The highest BCUT2D eigenvalue weighted by molar-refractivity contribution is 5.04. The van der Waals surface area contributed by atoms with Gasteiger partial charge in [0, 0.05) is 18.6 Å². The second kappa shape index (κ2) is 6.02. The van der Waals surface area contributed by atoms with Gasteiger partial charge in [-0.3, -0.25) is 0 Å². The first kappa shape index (κ1) is 14.0. The number of rotatable bonds is 8. The van der Waals surface area contributed by atoms with Gasteiger partial charge >= 0.3 is 0 Å². The van der Waals surface area contributed by atoms with Crippen LogP contribution in [0.3, 0.4) is 0 Å². The molecule has 0 saturated heterocycles. The van der Waals surface area contributed by atoms with Crippen molar-refractivity contribution in [1.82, 2.24) is 4.90 Å². The van der Waals surface area contributed by atoms with Crippen LogP contribution < -0.4 is 0 Å². The molecule has 16 heavy (non-hydrogen) atoms. The summed E-state index contributed by atoms with van der Waals surface area (Å²) >= 11 is 0. The number of hydrogen-bond donors (Lipinski definition) is 1. The van der Waals surface area contributed by atoms with E-state index in [4.69, 9.17) is 0 Å². The van der Waals surface area contributed by atoms with Gasteiger partial charge in [0.2, 0.25) is 0 Å². The minimum absolute atomic E-state index is 0.250. The minimum atomic E-state index is 0.250. The Balaban J connectivity index is 2.42. The summed E-state index contributed by atoms with van der Waals surface area (Å²) in [5.74, 6) is 1.35. The molecule has 0 aromatic carbocycles. The molecule has 0 aromatic rings. The van der Waals surface area contributed by atoms with Crippen LogP contribution in [0.25, 0.3) is 0 Å². The van der Waals surface area contributed by atoms with Gasteiger partial charge in [-0.25, -0.2) is 0 Å². The molecule has 0 radical (unpaired) electrons. The van der Waals surface area contributed by atoms with Crippen LogP contribution >= 0.6 is 0 Å². The monoisotopic (exact) mass is 227 g/mol. The molecule has 2 atom stereocenters. The van der Waals surface area contributed by atoms with E-state index in [-0.39, 0.29) is 5.41 Å². The number of hydrogen-bond acceptors (Lipinski definition) is 2. The van der Waals surface area contributed by atoms with Crippen molar-refractivity contribution in [3.8, 4) is 0 Å². The summed E-state index contributed by atoms with van der Waals surface area (Å²) in [6.45, 7) is 13.0. The van der Waals surface area contributed by atoms with Crippen molar-refractivity contribution in [2.45, 2.75) is 47.0 Å². The molecule has 1 aliphatic carbocycles. The largest absolute Gasteiger partial charge is 0.396 e. The molecular weight excluding hydrogens is 198 g/mol. The molecule has 1 saturated carbocycles. The molecular formula is C14H29NO. The normalized spacial score (nSPS) is 29.1. The van der Waals surface area contributed by atoms with E-state index in [0.717, 1.165) is 5.92 Å². The molecule has 96 valence electrons. The maximum Gasteiger partial charge on any atom is 0.0493 e. The van der Waals surface area contributed by atoms with Crippen LogP contribution in [-0.2, 0) is 0 Å². The molecule has 2 heteroatoms. The fraction of sp³-hybridized carbons (Fsp3) is 1.00. The highest BCUT2D eigenvalue weighted by atomic mass is 16.3. The summed E-state index contributed by atoms with van der Waals surface area (Å²) in [4.78, 5) is 2.57. The van der Waals surface area contributed by atoms with Crippen molar-refractivity contribution in [2.24, 2.45) is 17.3 Å². The van der Waals surface area contributed by atoms with E-state index < -0.39 is 0 Å². The predicted molar refractivity (Wildman–Crippen MR) is 69.5 cm³/mol. The van der Waals surface area contributed by atoms with Crippen LogP contribution in [0.2, 0.25) is 0 Å². The van der Waals surface area contributed by atoms with E-state index in [1.54, 1.807) is 0 Å². The van der Waals surface area contributed by atoms with Gasteiger partial charge in [-0.1, -0.05) is 27.7 Å². The van der Waals surface area contributed by atoms with Gasteiger partial charge < -0.3 is 10.0 Å². The van der Waals surface area contributed by atoms with Crippen molar-refractivity contribution in [2.75, 3.05) is 26.2 Å². The molecule has 2 unspecified atom stereocenters. The van der Waals surface area contributed by atoms with Gasteiger partial charge in [0.15, 0.2) is 0 Å². The summed E-state index contributed by atoms with van der Waals surface area (Å²) in [5, 5.41) is 9.55. The zero-order chi connectivity index (χ0) is 12.2. The first-order valence-corrected chi connectivity index (χ1v) is 6.93. The second-order valence-corrected chi connectivity index (χ2v) is 5.75. The maximum atomic E-state index is 9.55. The highest BCUT2D eigenvalue weighted by Gasteiger charge is 2.55. The smallest absolute Gasteiger partial charge is 0.0493 e. The lowest BCUT2D eigenvalue weighted by atomic mass is 9.90. The van der Waals surface area contributed by atoms with Crippen LogP contribution in [0.5, 0.6) is 0 Å². The Kier molecular flexibility index (Phi) is 5.26. The molecule has 0 heterocycles. The minimum Gasteiger partial charge on any atom is -0.396 e. The molecule has 2 nitrogen and oxygen atoms in total. The predicted octanol–water partition coefficient (Wildman–Crippen LogP) is 2.76. The Morgan fingerprint density at radius 3 is 2.12 bits per heavy atom. The fourth-order valence-electron chi connectivity index (χ4n) is 2.97. The second-order valence-electron chi connectivity index (χ2n) is 5.75. The van der Waals surface area contributed by atoms with Crippen LogP contribution in [-0.4, -0.2) is 36.2 Å². The number of aliphatic hydroxyl groups excluding tert-OH is 1. The molecule has 0 spiro atoms. The summed E-state index contributed by atoms with van der Waals surface area (Å²) < 4.78 is 0. The van der Waals surface area contributed by atoms with Crippen LogP contribution in [0.4, 0.5) is 0 Å². The fourth-order valence-corrected chi connectivity index (χ4v) is 2.97. The third-order valence-electron chi connectivity index (χ3n) is 4.28. The Bertz CT molecular complexity index is 199. The lowest BCUT2D eigenvalue weighted by Crippen LogP contribution is -2.30. The van der Waals surface area contributed by atoms with E-state index >= 15 is 0 Å². The summed E-state index contributed by atoms with van der Waals surface area (Å²) in [7, 11) is 0. The number of nitrogens with zero attached hydrogens (tertiary/aromatic N) is 1. The quantitative estimate of drug-likeness (QED) is 0.689. The number of aliphatic hydroxyl groups is 1. The third-order valence-corrected chi connectivity index (χ3v) is 4.28. The van der Waals surface area contributed by atoms with E-state index in [2.05, 4.69) is 32.6 Å². The van der Waals surface area contributed by atoms with Gasteiger partial charge in [-0.05, 0) is 44.2 Å². The average molecular weight is 227 g/mol. The standard InChI is InChI=1S/C14H29NO/c1-5-7-15(8-6-2)10-13-9-14(13,11-16)12(3)4/h12-13,16H,5-11H2,1-4H3. The molecule has 0 amide bonds. The van der Waals surface area contributed by atoms with Gasteiger partial charge in [0.05, 0.1) is 0 Å². The van der Waals surface area contributed by atoms with Crippen LogP contribution in [0.15, 0.2) is 0 Å². The van der Waals surface area contributed by atoms with Gasteiger partial charge in [-0.2, -0.15) is 0 Å². The zero-order valence-electron chi connectivity index (χ0n) is 11.5.